The molecule has 1 fully saturated rings. The minimum Gasteiger partial charge on any atom is -0.467 e. The highest BCUT2D eigenvalue weighted by molar-refractivity contribution is 5.12. The van der Waals surface area contributed by atoms with Crippen molar-refractivity contribution in [3.05, 3.63) is 47.8 Å². The summed E-state index contributed by atoms with van der Waals surface area (Å²) in [5.41, 5.74) is 1.18. The Bertz CT molecular complexity index is 471. The highest BCUT2D eigenvalue weighted by atomic mass is 16.5. The SMILES string of the molecule is c1coc(COCc2cc(CNC3CC3)co2)c1. The number of furan rings is 2. The molecular weight excluding hydrogens is 230 g/mol. The van der Waals surface area contributed by atoms with E-state index < -0.39 is 0 Å². The molecule has 0 amide bonds. The van der Waals surface area contributed by atoms with E-state index in [1.807, 2.05) is 18.2 Å². The highest BCUT2D eigenvalue weighted by Gasteiger charge is 2.20. The fourth-order valence-electron chi connectivity index (χ4n) is 1.79. The Morgan fingerprint density at radius 1 is 1.22 bits per heavy atom. The first kappa shape index (κ1) is 11.6. The van der Waals surface area contributed by atoms with Crippen LogP contribution in [0.3, 0.4) is 0 Å². The average Bonchev–Trinajstić information content (AvgIpc) is 2.89. The summed E-state index contributed by atoms with van der Waals surface area (Å²) < 4.78 is 16.1. The van der Waals surface area contributed by atoms with Crippen LogP contribution in [0.5, 0.6) is 0 Å². The monoisotopic (exact) mass is 247 g/mol. The summed E-state index contributed by atoms with van der Waals surface area (Å²) in [5, 5.41) is 3.45. The first-order valence-electron chi connectivity index (χ1n) is 6.30. The first-order valence-corrected chi connectivity index (χ1v) is 6.30. The number of hydrogen-bond donors (Lipinski definition) is 1. The number of ether oxygens (including phenoxy) is 1. The molecule has 3 rings (SSSR count). The van der Waals surface area contributed by atoms with E-state index in [0.29, 0.717) is 13.2 Å². The van der Waals surface area contributed by atoms with E-state index in [2.05, 4.69) is 5.32 Å². The first-order chi connectivity index (χ1) is 8.90. The smallest absolute Gasteiger partial charge is 0.129 e. The van der Waals surface area contributed by atoms with Gasteiger partial charge in [-0.1, -0.05) is 0 Å². The van der Waals surface area contributed by atoms with Crippen molar-refractivity contribution in [3.8, 4) is 0 Å². The van der Waals surface area contributed by atoms with Crippen LogP contribution in [0.15, 0.2) is 39.6 Å². The molecule has 96 valence electrons. The van der Waals surface area contributed by atoms with Gasteiger partial charge in [-0.15, -0.1) is 0 Å². The lowest BCUT2D eigenvalue weighted by Crippen LogP contribution is -2.14. The molecule has 0 saturated heterocycles. The quantitative estimate of drug-likeness (QED) is 0.817. The maximum absolute atomic E-state index is 5.51. The lowest BCUT2D eigenvalue weighted by Gasteiger charge is -1.99. The Morgan fingerprint density at radius 2 is 2.11 bits per heavy atom. The predicted octanol–water partition coefficient (Wildman–Crippen LogP) is 2.84. The van der Waals surface area contributed by atoms with Crippen molar-refractivity contribution in [1.82, 2.24) is 5.32 Å². The molecule has 4 nitrogen and oxygen atoms in total. The van der Waals surface area contributed by atoms with Gasteiger partial charge in [0.05, 0.1) is 12.5 Å². The Kier molecular flexibility index (Phi) is 3.48. The van der Waals surface area contributed by atoms with E-state index in [1.54, 1.807) is 12.5 Å². The Labute approximate surface area is 106 Å². The van der Waals surface area contributed by atoms with Crippen LogP contribution in [-0.4, -0.2) is 6.04 Å². The summed E-state index contributed by atoms with van der Waals surface area (Å²) >= 11 is 0. The van der Waals surface area contributed by atoms with Crippen molar-refractivity contribution in [2.45, 2.75) is 38.6 Å². The molecule has 0 unspecified atom stereocenters. The summed E-state index contributed by atoms with van der Waals surface area (Å²) in [6.45, 7) is 1.83. The zero-order valence-corrected chi connectivity index (χ0v) is 10.2. The van der Waals surface area contributed by atoms with Crippen LogP contribution in [0.25, 0.3) is 0 Å². The van der Waals surface area contributed by atoms with Crippen LogP contribution in [-0.2, 0) is 24.5 Å². The maximum Gasteiger partial charge on any atom is 0.129 e. The van der Waals surface area contributed by atoms with E-state index in [-0.39, 0.29) is 0 Å². The molecule has 1 aliphatic carbocycles. The van der Waals surface area contributed by atoms with Crippen LogP contribution in [0, 0.1) is 0 Å². The molecule has 2 heterocycles. The van der Waals surface area contributed by atoms with E-state index in [9.17, 15) is 0 Å². The van der Waals surface area contributed by atoms with Gasteiger partial charge in [0.2, 0.25) is 0 Å². The van der Waals surface area contributed by atoms with Crippen molar-refractivity contribution in [1.29, 1.82) is 0 Å². The van der Waals surface area contributed by atoms with Gasteiger partial charge in [-0.2, -0.15) is 0 Å². The van der Waals surface area contributed by atoms with Gasteiger partial charge in [0.15, 0.2) is 0 Å². The second-order valence-electron chi connectivity index (χ2n) is 4.65. The summed E-state index contributed by atoms with van der Waals surface area (Å²) in [6.07, 6.45) is 6.04. The normalized spacial score (nSPS) is 15.1. The lowest BCUT2D eigenvalue weighted by atomic mass is 10.3. The van der Waals surface area contributed by atoms with Gasteiger partial charge in [-0.3, -0.25) is 0 Å². The number of rotatable bonds is 7. The number of hydrogen-bond acceptors (Lipinski definition) is 4. The molecule has 2 aromatic heterocycles. The zero-order chi connectivity index (χ0) is 12.2. The van der Waals surface area contributed by atoms with Crippen LogP contribution < -0.4 is 5.32 Å². The molecule has 4 heteroatoms. The second kappa shape index (κ2) is 5.42. The molecule has 1 saturated carbocycles. The standard InChI is InChI=1S/C14H17NO3/c1-2-13(17-5-1)9-16-10-14-6-11(8-18-14)7-15-12-3-4-12/h1-2,5-6,8,12,15H,3-4,7,9-10H2. The van der Waals surface area contributed by atoms with Crippen LogP contribution in [0.4, 0.5) is 0 Å². The highest BCUT2D eigenvalue weighted by Crippen LogP contribution is 2.19. The van der Waals surface area contributed by atoms with Gasteiger partial charge in [0, 0.05) is 18.2 Å². The summed E-state index contributed by atoms with van der Waals surface area (Å²) in [5.74, 6) is 1.69. The third-order valence-corrected chi connectivity index (χ3v) is 2.95. The lowest BCUT2D eigenvalue weighted by molar-refractivity contribution is 0.0803. The number of nitrogens with one attached hydrogen (secondary N) is 1. The van der Waals surface area contributed by atoms with Crippen molar-refractivity contribution in [2.75, 3.05) is 0 Å². The van der Waals surface area contributed by atoms with Crippen molar-refractivity contribution in [3.63, 3.8) is 0 Å². The average molecular weight is 247 g/mol. The van der Waals surface area contributed by atoms with Crippen LogP contribution in [0.2, 0.25) is 0 Å². The summed E-state index contributed by atoms with van der Waals surface area (Å²) in [7, 11) is 0. The molecule has 0 spiro atoms. The summed E-state index contributed by atoms with van der Waals surface area (Å²) in [6, 6.07) is 6.51. The van der Waals surface area contributed by atoms with Crippen molar-refractivity contribution >= 4 is 0 Å². The van der Waals surface area contributed by atoms with Crippen LogP contribution >= 0.6 is 0 Å². The minimum absolute atomic E-state index is 0.476. The fraction of sp³-hybridized carbons (Fsp3) is 0.429. The maximum atomic E-state index is 5.51. The topological polar surface area (TPSA) is 47.5 Å². The Morgan fingerprint density at radius 3 is 2.89 bits per heavy atom. The molecule has 18 heavy (non-hydrogen) atoms. The molecule has 1 N–H and O–H groups in total. The molecule has 0 radical (unpaired) electrons. The summed E-state index contributed by atoms with van der Waals surface area (Å²) in [4.78, 5) is 0. The van der Waals surface area contributed by atoms with Gasteiger partial charge in [0.25, 0.3) is 0 Å². The molecule has 2 aromatic rings. The van der Waals surface area contributed by atoms with E-state index in [0.717, 1.165) is 24.1 Å². The molecule has 0 aromatic carbocycles. The minimum atomic E-state index is 0.476. The van der Waals surface area contributed by atoms with E-state index in [1.165, 1.54) is 18.4 Å². The Balaban J connectivity index is 1.41. The van der Waals surface area contributed by atoms with E-state index in [4.69, 9.17) is 13.6 Å². The zero-order valence-electron chi connectivity index (χ0n) is 10.2. The largest absolute Gasteiger partial charge is 0.467 e. The molecule has 0 atom stereocenters. The van der Waals surface area contributed by atoms with Crippen LogP contribution in [0.1, 0.15) is 29.9 Å². The van der Waals surface area contributed by atoms with Crippen molar-refractivity contribution in [2.24, 2.45) is 0 Å². The van der Waals surface area contributed by atoms with E-state index >= 15 is 0 Å². The predicted molar refractivity (Wildman–Crippen MR) is 65.8 cm³/mol. The fourth-order valence-corrected chi connectivity index (χ4v) is 1.79. The third kappa shape index (κ3) is 3.24. The third-order valence-electron chi connectivity index (χ3n) is 2.95. The second-order valence-corrected chi connectivity index (χ2v) is 4.65. The van der Waals surface area contributed by atoms with Gasteiger partial charge < -0.3 is 18.9 Å². The molecule has 1 aliphatic rings. The van der Waals surface area contributed by atoms with Gasteiger partial charge in [0.1, 0.15) is 24.7 Å². The van der Waals surface area contributed by atoms with Gasteiger partial charge in [-0.05, 0) is 31.0 Å². The van der Waals surface area contributed by atoms with Gasteiger partial charge in [-0.25, -0.2) is 0 Å². The van der Waals surface area contributed by atoms with Crippen molar-refractivity contribution < 1.29 is 13.6 Å². The molecule has 0 bridgehead atoms. The Hall–Kier alpha value is -1.52. The molecule has 0 aliphatic heterocycles. The van der Waals surface area contributed by atoms with Gasteiger partial charge >= 0.3 is 0 Å². The molecular formula is C14H17NO3.